The largest absolute Gasteiger partial charge is 0.235 e. The summed E-state index contributed by atoms with van der Waals surface area (Å²) in [5.74, 6) is 0. The van der Waals surface area contributed by atoms with Crippen molar-refractivity contribution in [3.05, 3.63) is 34.9 Å². The highest BCUT2D eigenvalue weighted by molar-refractivity contribution is 6.30. The normalized spacial score (nSPS) is 11.8. The standard InChI is InChI=1S/C10H10ClNO/c1-2-10(12-7-13)8-3-5-9(11)6-4-8/h3-6,10H,2H2,1H3. The summed E-state index contributed by atoms with van der Waals surface area (Å²) in [6, 6.07) is 7.24. The molecule has 3 heteroatoms. The first-order chi connectivity index (χ1) is 6.27. The molecule has 1 unspecified atom stereocenters. The first kappa shape index (κ1) is 9.97. The van der Waals surface area contributed by atoms with E-state index in [0.29, 0.717) is 5.02 Å². The van der Waals surface area contributed by atoms with Crippen molar-refractivity contribution in [3.8, 4) is 0 Å². The van der Waals surface area contributed by atoms with Gasteiger partial charge in [-0.25, -0.2) is 4.79 Å². The molecule has 0 saturated heterocycles. The molecule has 13 heavy (non-hydrogen) atoms. The van der Waals surface area contributed by atoms with Gasteiger partial charge in [-0.15, -0.1) is 0 Å². The monoisotopic (exact) mass is 195 g/mol. The van der Waals surface area contributed by atoms with Gasteiger partial charge in [0.1, 0.15) is 0 Å². The Morgan fingerprint density at radius 1 is 1.46 bits per heavy atom. The van der Waals surface area contributed by atoms with Gasteiger partial charge in [-0.1, -0.05) is 30.7 Å². The zero-order valence-electron chi connectivity index (χ0n) is 7.33. The molecule has 0 fully saturated rings. The van der Waals surface area contributed by atoms with E-state index in [2.05, 4.69) is 4.99 Å². The minimum atomic E-state index is -0.0882. The van der Waals surface area contributed by atoms with Crippen molar-refractivity contribution in [2.45, 2.75) is 19.4 Å². The van der Waals surface area contributed by atoms with Gasteiger partial charge in [0.2, 0.25) is 6.08 Å². The molecular weight excluding hydrogens is 186 g/mol. The Hall–Kier alpha value is -1.11. The number of hydrogen-bond acceptors (Lipinski definition) is 2. The van der Waals surface area contributed by atoms with Crippen LogP contribution in [-0.4, -0.2) is 6.08 Å². The number of aliphatic imine (C=N–C) groups is 1. The lowest BCUT2D eigenvalue weighted by Crippen LogP contribution is -1.92. The average molecular weight is 196 g/mol. The second kappa shape index (κ2) is 4.80. The van der Waals surface area contributed by atoms with Crippen LogP contribution in [0.2, 0.25) is 5.02 Å². The van der Waals surface area contributed by atoms with E-state index in [1.165, 1.54) is 0 Å². The van der Waals surface area contributed by atoms with Crippen LogP contribution in [0.4, 0.5) is 0 Å². The maximum atomic E-state index is 10.1. The lowest BCUT2D eigenvalue weighted by atomic mass is 10.1. The lowest BCUT2D eigenvalue weighted by Gasteiger charge is -2.07. The Kier molecular flexibility index (Phi) is 3.69. The summed E-state index contributed by atoms with van der Waals surface area (Å²) >= 11 is 5.73. The molecular formula is C10H10ClNO. The van der Waals surface area contributed by atoms with Crippen molar-refractivity contribution in [2.24, 2.45) is 4.99 Å². The fraction of sp³-hybridized carbons (Fsp3) is 0.300. The van der Waals surface area contributed by atoms with Gasteiger partial charge < -0.3 is 0 Å². The smallest absolute Gasteiger partial charge is 0.211 e. The molecule has 0 bridgehead atoms. The van der Waals surface area contributed by atoms with Crippen LogP contribution in [0.1, 0.15) is 24.9 Å². The Bertz CT molecular complexity index is 314. The number of hydrogen-bond donors (Lipinski definition) is 0. The van der Waals surface area contributed by atoms with E-state index < -0.39 is 0 Å². The summed E-state index contributed by atoms with van der Waals surface area (Å²) in [5.41, 5.74) is 0.996. The number of halogens is 1. The molecule has 0 amide bonds. The Labute approximate surface area is 82.3 Å². The second-order valence-electron chi connectivity index (χ2n) is 2.70. The van der Waals surface area contributed by atoms with Crippen molar-refractivity contribution < 1.29 is 4.79 Å². The van der Waals surface area contributed by atoms with Crippen LogP contribution >= 0.6 is 11.6 Å². The summed E-state index contributed by atoms with van der Waals surface area (Å²) < 4.78 is 0. The number of nitrogens with zero attached hydrogens (tertiary/aromatic N) is 1. The summed E-state index contributed by atoms with van der Waals surface area (Å²) in [6.45, 7) is 1.97. The predicted molar refractivity (Wildman–Crippen MR) is 52.6 cm³/mol. The number of isocyanates is 1. The van der Waals surface area contributed by atoms with Gasteiger partial charge in [-0.05, 0) is 24.1 Å². The average Bonchev–Trinajstić information content (AvgIpc) is 2.16. The summed E-state index contributed by atoms with van der Waals surface area (Å²) in [7, 11) is 0. The van der Waals surface area contributed by atoms with Crippen LogP contribution in [0.5, 0.6) is 0 Å². The number of carbonyl (C=O) groups excluding carboxylic acids is 1. The molecule has 0 aromatic heterocycles. The van der Waals surface area contributed by atoms with Gasteiger partial charge in [0.15, 0.2) is 0 Å². The van der Waals surface area contributed by atoms with Crippen molar-refractivity contribution >= 4 is 17.7 Å². The van der Waals surface area contributed by atoms with E-state index in [0.717, 1.165) is 12.0 Å². The minimum Gasteiger partial charge on any atom is -0.211 e. The van der Waals surface area contributed by atoms with Crippen molar-refractivity contribution in [1.29, 1.82) is 0 Å². The molecule has 1 rings (SSSR count). The van der Waals surface area contributed by atoms with Crippen LogP contribution < -0.4 is 0 Å². The highest BCUT2D eigenvalue weighted by Crippen LogP contribution is 2.21. The van der Waals surface area contributed by atoms with E-state index in [9.17, 15) is 4.79 Å². The van der Waals surface area contributed by atoms with Gasteiger partial charge >= 0.3 is 0 Å². The Morgan fingerprint density at radius 2 is 2.08 bits per heavy atom. The fourth-order valence-corrected chi connectivity index (χ4v) is 1.28. The number of rotatable bonds is 3. The van der Waals surface area contributed by atoms with Crippen molar-refractivity contribution in [2.75, 3.05) is 0 Å². The maximum Gasteiger partial charge on any atom is 0.235 e. The third-order valence-corrected chi connectivity index (χ3v) is 2.10. The van der Waals surface area contributed by atoms with Gasteiger partial charge in [0.25, 0.3) is 0 Å². The SMILES string of the molecule is CCC(N=C=O)c1ccc(Cl)cc1. The van der Waals surface area contributed by atoms with Crippen LogP contribution in [0.3, 0.4) is 0 Å². The minimum absolute atomic E-state index is 0.0882. The van der Waals surface area contributed by atoms with E-state index in [-0.39, 0.29) is 6.04 Å². The molecule has 0 saturated carbocycles. The molecule has 0 aliphatic heterocycles. The van der Waals surface area contributed by atoms with Crippen LogP contribution in [0, 0.1) is 0 Å². The molecule has 2 nitrogen and oxygen atoms in total. The topological polar surface area (TPSA) is 29.4 Å². The van der Waals surface area contributed by atoms with Gasteiger partial charge in [0.05, 0.1) is 6.04 Å². The molecule has 68 valence electrons. The summed E-state index contributed by atoms with van der Waals surface area (Å²) in [6.07, 6.45) is 2.36. The first-order valence-corrected chi connectivity index (χ1v) is 4.48. The van der Waals surface area contributed by atoms with Crippen LogP contribution in [0.15, 0.2) is 29.3 Å². The molecule has 1 aromatic rings. The van der Waals surface area contributed by atoms with E-state index in [4.69, 9.17) is 11.6 Å². The molecule has 0 aliphatic carbocycles. The zero-order chi connectivity index (χ0) is 9.68. The Morgan fingerprint density at radius 3 is 2.54 bits per heavy atom. The van der Waals surface area contributed by atoms with Crippen LogP contribution in [-0.2, 0) is 4.79 Å². The lowest BCUT2D eigenvalue weighted by molar-refractivity contribution is 0.556. The number of benzene rings is 1. The van der Waals surface area contributed by atoms with E-state index >= 15 is 0 Å². The third-order valence-electron chi connectivity index (χ3n) is 1.85. The highest BCUT2D eigenvalue weighted by Gasteiger charge is 2.06. The predicted octanol–water partition coefficient (Wildman–Crippen LogP) is 3.13. The molecule has 0 N–H and O–H groups in total. The maximum absolute atomic E-state index is 10.1. The fourth-order valence-electron chi connectivity index (χ4n) is 1.15. The van der Waals surface area contributed by atoms with Gasteiger partial charge in [-0.3, -0.25) is 0 Å². The van der Waals surface area contributed by atoms with Crippen molar-refractivity contribution in [3.63, 3.8) is 0 Å². The second-order valence-corrected chi connectivity index (χ2v) is 3.13. The molecule has 0 aliphatic rings. The summed E-state index contributed by atoms with van der Waals surface area (Å²) in [5, 5.41) is 0.689. The Balaban J connectivity index is 2.91. The van der Waals surface area contributed by atoms with Crippen molar-refractivity contribution in [1.82, 2.24) is 0 Å². The third kappa shape index (κ3) is 2.69. The van der Waals surface area contributed by atoms with E-state index in [1.54, 1.807) is 18.2 Å². The quantitative estimate of drug-likeness (QED) is 0.538. The molecule has 1 aromatic carbocycles. The van der Waals surface area contributed by atoms with Crippen LogP contribution in [0.25, 0.3) is 0 Å². The van der Waals surface area contributed by atoms with Gasteiger partial charge in [-0.2, -0.15) is 4.99 Å². The zero-order valence-corrected chi connectivity index (χ0v) is 8.08. The molecule has 1 atom stereocenters. The first-order valence-electron chi connectivity index (χ1n) is 4.10. The molecule has 0 heterocycles. The summed E-state index contributed by atoms with van der Waals surface area (Å²) in [4.78, 5) is 13.8. The van der Waals surface area contributed by atoms with E-state index in [1.807, 2.05) is 19.1 Å². The highest BCUT2D eigenvalue weighted by atomic mass is 35.5. The molecule has 0 spiro atoms. The molecule has 0 radical (unpaired) electrons. The van der Waals surface area contributed by atoms with Gasteiger partial charge in [0, 0.05) is 5.02 Å².